The molecule has 8 heteroatoms. The Hall–Kier alpha value is -1.93. The number of carboxylic acids is 1. The summed E-state index contributed by atoms with van der Waals surface area (Å²) in [6, 6.07) is 2.00. The van der Waals surface area contributed by atoms with Gasteiger partial charge in [-0.25, -0.2) is 13.4 Å². The molecule has 21 heavy (non-hydrogen) atoms. The summed E-state index contributed by atoms with van der Waals surface area (Å²) in [5.74, 6) is -1.22. The minimum absolute atomic E-state index is 0.0129. The first kappa shape index (κ1) is 15.5. The lowest BCUT2D eigenvalue weighted by Gasteiger charge is -2.27. The van der Waals surface area contributed by atoms with E-state index in [-0.39, 0.29) is 4.90 Å². The summed E-state index contributed by atoms with van der Waals surface area (Å²) in [6.07, 6.45) is 2.85. The molecule has 0 fully saturated rings. The number of aromatic nitrogens is 2. The highest BCUT2D eigenvalue weighted by Gasteiger charge is 2.36. The molecule has 0 radical (unpaired) electrons. The van der Waals surface area contributed by atoms with Crippen molar-refractivity contribution in [3.8, 4) is 0 Å². The van der Waals surface area contributed by atoms with E-state index >= 15 is 0 Å². The molecule has 0 bridgehead atoms. The SMILES string of the molecule is CC(C)(C)[C@H](NS(=O)(=O)c1c[nH]c2ncccc12)C(=O)O. The molecule has 0 amide bonds. The van der Waals surface area contributed by atoms with Crippen molar-refractivity contribution in [1.82, 2.24) is 14.7 Å². The Labute approximate surface area is 122 Å². The van der Waals surface area contributed by atoms with Gasteiger partial charge in [0.15, 0.2) is 0 Å². The molecular weight excluding hydrogens is 294 g/mol. The lowest BCUT2D eigenvalue weighted by atomic mass is 9.88. The van der Waals surface area contributed by atoms with Gasteiger partial charge in [-0.2, -0.15) is 4.72 Å². The molecule has 2 aromatic heterocycles. The van der Waals surface area contributed by atoms with Gasteiger partial charge in [-0.15, -0.1) is 0 Å². The molecule has 2 aromatic rings. The summed E-state index contributed by atoms with van der Waals surface area (Å²) < 4.78 is 27.1. The van der Waals surface area contributed by atoms with Gasteiger partial charge in [-0.05, 0) is 17.5 Å². The predicted octanol–water partition coefficient (Wildman–Crippen LogP) is 1.34. The third-order valence-corrected chi connectivity index (χ3v) is 4.55. The number of hydrogen-bond donors (Lipinski definition) is 3. The van der Waals surface area contributed by atoms with Gasteiger partial charge >= 0.3 is 5.97 Å². The molecule has 0 unspecified atom stereocenters. The molecule has 0 saturated heterocycles. The van der Waals surface area contributed by atoms with Crippen molar-refractivity contribution in [1.29, 1.82) is 0 Å². The zero-order valence-electron chi connectivity index (χ0n) is 11.9. The van der Waals surface area contributed by atoms with Crippen molar-refractivity contribution in [3.05, 3.63) is 24.5 Å². The number of nitrogens with zero attached hydrogens (tertiary/aromatic N) is 1. The van der Waals surface area contributed by atoms with E-state index in [0.717, 1.165) is 0 Å². The molecule has 0 aliphatic heterocycles. The van der Waals surface area contributed by atoms with E-state index in [0.29, 0.717) is 11.0 Å². The van der Waals surface area contributed by atoms with Crippen molar-refractivity contribution in [2.24, 2.45) is 5.41 Å². The highest BCUT2D eigenvalue weighted by atomic mass is 32.2. The minimum atomic E-state index is -3.97. The molecule has 0 aromatic carbocycles. The van der Waals surface area contributed by atoms with E-state index in [4.69, 9.17) is 0 Å². The summed E-state index contributed by atoms with van der Waals surface area (Å²) in [5.41, 5.74) is -0.330. The van der Waals surface area contributed by atoms with Crippen LogP contribution in [0, 0.1) is 5.41 Å². The number of hydrogen-bond acceptors (Lipinski definition) is 4. The molecule has 114 valence electrons. The van der Waals surface area contributed by atoms with Crippen LogP contribution in [-0.2, 0) is 14.8 Å². The second-order valence-electron chi connectivity index (χ2n) is 5.81. The number of carboxylic acid groups (broad SMARTS) is 1. The molecule has 2 rings (SSSR count). The first-order chi connectivity index (χ1) is 9.63. The summed E-state index contributed by atoms with van der Waals surface area (Å²) in [7, 11) is -3.97. The molecule has 0 aliphatic carbocycles. The maximum absolute atomic E-state index is 12.4. The molecular formula is C13H17N3O4S. The molecule has 2 heterocycles. The second-order valence-corrected chi connectivity index (χ2v) is 7.49. The van der Waals surface area contributed by atoms with Crippen LogP contribution in [0.4, 0.5) is 0 Å². The number of H-pyrrole nitrogens is 1. The Morgan fingerprint density at radius 1 is 1.43 bits per heavy atom. The molecule has 7 nitrogen and oxygen atoms in total. The van der Waals surface area contributed by atoms with Crippen molar-refractivity contribution in [2.75, 3.05) is 0 Å². The topological polar surface area (TPSA) is 112 Å². The van der Waals surface area contributed by atoms with E-state index in [1.807, 2.05) is 0 Å². The van der Waals surface area contributed by atoms with Gasteiger partial charge in [0.1, 0.15) is 16.6 Å². The fourth-order valence-electron chi connectivity index (χ4n) is 1.97. The van der Waals surface area contributed by atoms with Gasteiger partial charge in [0.2, 0.25) is 10.0 Å². The lowest BCUT2D eigenvalue weighted by Crippen LogP contribution is -2.48. The second kappa shape index (κ2) is 5.12. The zero-order chi connectivity index (χ0) is 15.8. The maximum atomic E-state index is 12.4. The van der Waals surface area contributed by atoms with Crippen molar-refractivity contribution in [3.63, 3.8) is 0 Å². The van der Waals surface area contributed by atoms with Crippen molar-refractivity contribution >= 4 is 27.0 Å². The average Bonchev–Trinajstić information content (AvgIpc) is 2.79. The molecule has 0 spiro atoms. The van der Waals surface area contributed by atoms with Crippen LogP contribution in [0.5, 0.6) is 0 Å². The van der Waals surface area contributed by atoms with Gasteiger partial charge in [-0.1, -0.05) is 20.8 Å². The van der Waals surface area contributed by atoms with Gasteiger partial charge in [-0.3, -0.25) is 4.79 Å². The van der Waals surface area contributed by atoms with Crippen LogP contribution in [0.1, 0.15) is 20.8 Å². The highest BCUT2D eigenvalue weighted by Crippen LogP contribution is 2.25. The van der Waals surface area contributed by atoms with Crippen LogP contribution >= 0.6 is 0 Å². The highest BCUT2D eigenvalue weighted by molar-refractivity contribution is 7.89. The number of fused-ring (bicyclic) bond motifs is 1. The van der Waals surface area contributed by atoms with E-state index in [1.54, 1.807) is 32.9 Å². The van der Waals surface area contributed by atoms with Crippen LogP contribution in [-0.4, -0.2) is 35.5 Å². The number of aliphatic carboxylic acids is 1. The number of rotatable bonds is 4. The Balaban J connectivity index is 2.45. The van der Waals surface area contributed by atoms with Gasteiger partial charge in [0.05, 0.1) is 0 Å². The lowest BCUT2D eigenvalue weighted by molar-refractivity contribution is -0.141. The first-order valence-corrected chi connectivity index (χ1v) is 7.78. The van der Waals surface area contributed by atoms with Gasteiger partial charge < -0.3 is 10.1 Å². The molecule has 3 N–H and O–H groups in total. The number of sulfonamides is 1. The fraction of sp³-hybridized carbons (Fsp3) is 0.385. The fourth-order valence-corrected chi connectivity index (χ4v) is 3.53. The maximum Gasteiger partial charge on any atom is 0.322 e. The summed E-state index contributed by atoms with van der Waals surface area (Å²) in [5, 5.41) is 9.66. The standard InChI is InChI=1S/C13H17N3O4S/c1-13(2,3)10(12(17)18)16-21(19,20)9-7-15-11-8(9)5-4-6-14-11/h4-7,10,16H,1-3H3,(H,14,15)(H,17,18)/t10-/m1/s1. The largest absolute Gasteiger partial charge is 0.480 e. The quantitative estimate of drug-likeness (QED) is 0.789. The van der Waals surface area contributed by atoms with Crippen LogP contribution in [0.3, 0.4) is 0 Å². The van der Waals surface area contributed by atoms with E-state index in [9.17, 15) is 18.3 Å². The Morgan fingerprint density at radius 2 is 2.10 bits per heavy atom. The van der Waals surface area contributed by atoms with Gasteiger partial charge in [0, 0.05) is 17.8 Å². The van der Waals surface area contributed by atoms with Crippen molar-refractivity contribution in [2.45, 2.75) is 31.7 Å². The summed E-state index contributed by atoms with van der Waals surface area (Å²) >= 11 is 0. The Bertz CT molecular complexity index is 774. The monoisotopic (exact) mass is 311 g/mol. The van der Waals surface area contributed by atoms with Gasteiger partial charge in [0.25, 0.3) is 0 Å². The van der Waals surface area contributed by atoms with Crippen LogP contribution in [0.15, 0.2) is 29.4 Å². The normalized spacial score (nSPS) is 14.2. The smallest absolute Gasteiger partial charge is 0.322 e. The molecule has 1 atom stereocenters. The molecule has 0 saturated carbocycles. The number of pyridine rings is 1. The minimum Gasteiger partial charge on any atom is -0.480 e. The third-order valence-electron chi connectivity index (χ3n) is 3.09. The summed E-state index contributed by atoms with van der Waals surface area (Å²) in [6.45, 7) is 4.97. The number of aromatic amines is 1. The van der Waals surface area contributed by atoms with Crippen LogP contribution in [0.25, 0.3) is 11.0 Å². The number of nitrogens with one attached hydrogen (secondary N) is 2. The predicted molar refractivity (Wildman–Crippen MR) is 77.3 cm³/mol. The Morgan fingerprint density at radius 3 is 2.67 bits per heavy atom. The Kier molecular flexibility index (Phi) is 3.77. The number of carbonyl (C=O) groups is 1. The third kappa shape index (κ3) is 3.06. The van der Waals surface area contributed by atoms with Crippen LogP contribution < -0.4 is 4.72 Å². The van der Waals surface area contributed by atoms with E-state index in [2.05, 4.69) is 14.7 Å². The molecule has 0 aliphatic rings. The zero-order valence-corrected chi connectivity index (χ0v) is 12.7. The van der Waals surface area contributed by atoms with Crippen molar-refractivity contribution < 1.29 is 18.3 Å². The van der Waals surface area contributed by atoms with E-state index in [1.165, 1.54) is 12.4 Å². The summed E-state index contributed by atoms with van der Waals surface area (Å²) in [4.78, 5) is 18.1. The van der Waals surface area contributed by atoms with E-state index < -0.39 is 27.4 Å². The average molecular weight is 311 g/mol. The first-order valence-electron chi connectivity index (χ1n) is 6.30. The van der Waals surface area contributed by atoms with Crippen LogP contribution in [0.2, 0.25) is 0 Å².